The molecule has 1 aliphatic heterocycles. The monoisotopic (exact) mass is 404 g/mol. The molecular formula is C24H21ClN2O2. The first-order valence-electron chi connectivity index (χ1n) is 9.50. The number of carbonyl (C=O) groups is 1. The van der Waals surface area contributed by atoms with Gasteiger partial charge in [-0.2, -0.15) is 0 Å². The zero-order valence-electron chi connectivity index (χ0n) is 16.4. The van der Waals surface area contributed by atoms with Crippen molar-refractivity contribution in [1.82, 2.24) is 4.90 Å². The van der Waals surface area contributed by atoms with Crippen LogP contribution in [0.5, 0.6) is 5.75 Å². The molecule has 1 atom stereocenters. The van der Waals surface area contributed by atoms with Crippen LogP contribution in [0, 0.1) is 30.2 Å². The molecule has 0 radical (unpaired) electrons. The van der Waals surface area contributed by atoms with Crippen molar-refractivity contribution in [3.05, 3.63) is 58.6 Å². The van der Waals surface area contributed by atoms with Crippen molar-refractivity contribution in [2.45, 2.75) is 31.8 Å². The van der Waals surface area contributed by atoms with Gasteiger partial charge in [0.15, 0.2) is 0 Å². The van der Waals surface area contributed by atoms with Crippen LogP contribution in [0.15, 0.2) is 42.5 Å². The number of amides is 2. The molecule has 2 aliphatic rings. The Morgan fingerprint density at radius 1 is 1.24 bits per heavy atom. The quantitative estimate of drug-likeness (QED) is 0.671. The predicted octanol–water partition coefficient (Wildman–Crippen LogP) is 5.01. The number of methoxy groups -OCH3 is 1. The highest BCUT2D eigenvalue weighted by Gasteiger charge is 2.56. The van der Waals surface area contributed by atoms with Crippen LogP contribution >= 0.6 is 11.6 Å². The Hall–Kier alpha value is -3.08. The summed E-state index contributed by atoms with van der Waals surface area (Å²) in [6.45, 7) is 2.10. The third-order valence-corrected chi connectivity index (χ3v) is 5.78. The Morgan fingerprint density at radius 3 is 2.55 bits per heavy atom. The number of urea groups is 1. The van der Waals surface area contributed by atoms with Gasteiger partial charge in [0.2, 0.25) is 0 Å². The van der Waals surface area contributed by atoms with Gasteiger partial charge in [0, 0.05) is 16.6 Å². The summed E-state index contributed by atoms with van der Waals surface area (Å²) in [6.07, 6.45) is 7.99. The first-order valence-corrected chi connectivity index (χ1v) is 9.87. The highest BCUT2D eigenvalue weighted by atomic mass is 35.5. The van der Waals surface area contributed by atoms with Crippen molar-refractivity contribution in [2.75, 3.05) is 12.0 Å². The lowest BCUT2D eigenvalue weighted by Crippen LogP contribution is -2.57. The molecule has 0 spiro atoms. The molecule has 1 unspecified atom stereocenters. The molecule has 0 saturated heterocycles. The fourth-order valence-corrected chi connectivity index (χ4v) is 4.19. The maximum atomic E-state index is 13.6. The van der Waals surface area contributed by atoms with E-state index in [1.165, 1.54) is 4.90 Å². The molecule has 0 aromatic heterocycles. The fraction of sp³-hybridized carbons (Fsp3) is 0.292. The standard InChI is InChI=1S/C24H21ClN2O2/c1-4-14-27-23(28)26(16-17-6-11-20(29-3)12-7-17)22-13-10-19(25)15-21(22)24(27,5-2)18-8-9-18/h2,6-7,10-13,15,18H,8-9,16H2,1,3H3. The lowest BCUT2D eigenvalue weighted by Gasteiger charge is -2.46. The minimum Gasteiger partial charge on any atom is -0.497 e. The van der Waals surface area contributed by atoms with Crippen molar-refractivity contribution >= 4 is 23.3 Å². The highest BCUT2D eigenvalue weighted by Crippen LogP contribution is 2.54. The molecule has 0 bridgehead atoms. The van der Waals surface area contributed by atoms with Gasteiger partial charge in [-0.1, -0.05) is 35.6 Å². The van der Waals surface area contributed by atoms with Gasteiger partial charge >= 0.3 is 6.03 Å². The molecule has 1 saturated carbocycles. The van der Waals surface area contributed by atoms with Crippen LogP contribution in [0.2, 0.25) is 5.02 Å². The number of nitrogens with zero attached hydrogens (tertiary/aromatic N) is 2. The van der Waals surface area contributed by atoms with Crippen molar-refractivity contribution in [1.29, 1.82) is 0 Å². The number of hydrogen-bond donors (Lipinski definition) is 0. The molecule has 29 heavy (non-hydrogen) atoms. The van der Waals surface area contributed by atoms with Gasteiger partial charge in [-0.15, -0.1) is 6.42 Å². The lowest BCUT2D eigenvalue weighted by atomic mass is 9.81. The van der Waals surface area contributed by atoms with Crippen LogP contribution in [0.25, 0.3) is 0 Å². The van der Waals surface area contributed by atoms with Gasteiger partial charge in [-0.25, -0.2) is 9.69 Å². The van der Waals surface area contributed by atoms with Crippen molar-refractivity contribution < 1.29 is 9.53 Å². The molecule has 1 aliphatic carbocycles. The molecule has 2 aromatic rings. The number of carbonyl (C=O) groups excluding carboxylic acids is 1. The zero-order chi connectivity index (χ0) is 20.6. The molecule has 1 heterocycles. The van der Waals surface area contributed by atoms with Crippen LogP contribution in [-0.4, -0.2) is 18.0 Å². The Morgan fingerprint density at radius 2 is 1.97 bits per heavy atom. The minimum absolute atomic E-state index is 0.178. The van der Waals surface area contributed by atoms with Gasteiger partial charge in [0.25, 0.3) is 0 Å². The topological polar surface area (TPSA) is 32.8 Å². The van der Waals surface area contributed by atoms with Crippen molar-refractivity contribution in [3.63, 3.8) is 0 Å². The van der Waals surface area contributed by atoms with E-state index in [0.717, 1.165) is 35.4 Å². The van der Waals surface area contributed by atoms with Gasteiger partial charge in [-0.05, 0) is 61.6 Å². The normalized spacial score (nSPS) is 20.4. The number of anilines is 1. The Labute approximate surface area is 176 Å². The highest BCUT2D eigenvalue weighted by molar-refractivity contribution is 6.30. The van der Waals surface area contributed by atoms with E-state index in [9.17, 15) is 4.79 Å². The van der Waals surface area contributed by atoms with E-state index in [2.05, 4.69) is 17.9 Å². The van der Waals surface area contributed by atoms with Crippen LogP contribution in [-0.2, 0) is 12.1 Å². The second-order valence-corrected chi connectivity index (χ2v) is 7.70. The summed E-state index contributed by atoms with van der Waals surface area (Å²) >= 11 is 6.35. The summed E-state index contributed by atoms with van der Waals surface area (Å²) in [5.74, 6) is 6.74. The molecule has 2 amide bonds. The summed E-state index contributed by atoms with van der Waals surface area (Å²) in [6, 6.07) is 16.0. The summed E-state index contributed by atoms with van der Waals surface area (Å²) in [5, 5.41) is 0.590. The first kappa shape index (κ1) is 19.2. The smallest absolute Gasteiger partial charge is 0.338 e. The Bertz CT molecular complexity index is 1060. The summed E-state index contributed by atoms with van der Waals surface area (Å²) < 4.78 is 5.23. The number of hydrogen-bond acceptors (Lipinski definition) is 2. The van der Waals surface area contributed by atoms with E-state index in [1.807, 2.05) is 36.4 Å². The number of terminal acetylenes is 1. The zero-order valence-corrected chi connectivity index (χ0v) is 17.2. The van der Waals surface area contributed by atoms with E-state index in [4.69, 9.17) is 22.8 Å². The van der Waals surface area contributed by atoms with E-state index in [1.54, 1.807) is 25.0 Å². The molecule has 4 rings (SSSR count). The number of halogens is 1. The number of fused-ring (bicyclic) bond motifs is 1. The van der Waals surface area contributed by atoms with Crippen molar-refractivity contribution in [3.8, 4) is 30.1 Å². The van der Waals surface area contributed by atoms with Crippen LogP contribution in [0.1, 0.15) is 30.9 Å². The lowest BCUT2D eigenvalue weighted by molar-refractivity contribution is 0.174. The fourth-order valence-electron chi connectivity index (χ4n) is 4.02. The van der Waals surface area contributed by atoms with E-state index in [-0.39, 0.29) is 11.9 Å². The second-order valence-electron chi connectivity index (χ2n) is 7.26. The van der Waals surface area contributed by atoms with Gasteiger partial charge in [0.1, 0.15) is 11.3 Å². The number of rotatable bonds is 4. The Kier molecular flexibility index (Phi) is 4.91. The summed E-state index contributed by atoms with van der Waals surface area (Å²) in [5.41, 5.74) is 1.74. The maximum Gasteiger partial charge on any atom is 0.338 e. The third kappa shape index (κ3) is 3.11. The predicted molar refractivity (Wildman–Crippen MR) is 115 cm³/mol. The Balaban J connectivity index is 1.86. The molecule has 1 fully saturated rings. The number of ether oxygens (including phenoxy) is 1. The first-order chi connectivity index (χ1) is 14.0. The van der Waals surface area contributed by atoms with Crippen LogP contribution in [0.4, 0.5) is 10.5 Å². The van der Waals surface area contributed by atoms with E-state index >= 15 is 0 Å². The molecule has 4 nitrogen and oxygen atoms in total. The molecular weight excluding hydrogens is 384 g/mol. The second kappa shape index (κ2) is 7.39. The van der Waals surface area contributed by atoms with Crippen molar-refractivity contribution in [2.24, 2.45) is 5.92 Å². The molecule has 2 aromatic carbocycles. The van der Waals surface area contributed by atoms with Gasteiger partial charge in [0.05, 0.1) is 19.3 Å². The van der Waals surface area contributed by atoms with E-state index in [0.29, 0.717) is 11.6 Å². The van der Waals surface area contributed by atoms with E-state index < -0.39 is 5.54 Å². The van der Waals surface area contributed by atoms with Gasteiger partial charge in [-0.3, -0.25) is 4.90 Å². The largest absolute Gasteiger partial charge is 0.497 e. The summed E-state index contributed by atoms with van der Waals surface area (Å²) in [7, 11) is 1.63. The molecule has 146 valence electrons. The SMILES string of the molecule is C#CC1(C2CC2)c2cc(Cl)ccc2N(Cc2ccc(OC)cc2)C(=O)N1C#CC. The maximum absolute atomic E-state index is 13.6. The third-order valence-electron chi connectivity index (χ3n) is 5.55. The van der Waals surface area contributed by atoms with Crippen LogP contribution in [0.3, 0.4) is 0 Å². The minimum atomic E-state index is -0.892. The molecule has 5 heteroatoms. The van der Waals surface area contributed by atoms with Gasteiger partial charge < -0.3 is 4.74 Å². The average molecular weight is 405 g/mol. The molecule has 0 N–H and O–H groups in total. The average Bonchev–Trinajstić information content (AvgIpc) is 3.58. The van der Waals surface area contributed by atoms with Crippen LogP contribution < -0.4 is 9.64 Å². The number of benzene rings is 2. The summed E-state index contributed by atoms with van der Waals surface area (Å²) in [4.78, 5) is 16.8.